The molecule has 1 nitrogen and oxygen atoms in total. The van der Waals surface area contributed by atoms with Crippen molar-refractivity contribution < 1.29 is 4.43 Å². The van der Waals surface area contributed by atoms with Crippen molar-refractivity contribution in [2.24, 2.45) is 0 Å². The van der Waals surface area contributed by atoms with Gasteiger partial charge in [0, 0.05) is 5.88 Å². The molecule has 0 radical (unpaired) electrons. The van der Waals surface area contributed by atoms with Gasteiger partial charge in [-0.2, -0.15) is 0 Å². The predicted octanol–water partition coefficient (Wildman–Crippen LogP) is 3.37. The number of hydrogen-bond donors (Lipinski definition) is 0. The summed E-state index contributed by atoms with van der Waals surface area (Å²) in [6.07, 6.45) is 2.95. The van der Waals surface area contributed by atoms with Gasteiger partial charge in [-0.1, -0.05) is 0 Å². The molecule has 0 N–H and O–H groups in total. The fraction of sp³-hybridized carbons (Fsp3) is 0.750. The Labute approximate surface area is 75.5 Å². The summed E-state index contributed by atoms with van der Waals surface area (Å²) in [5, 5.41) is 0. The van der Waals surface area contributed by atoms with Crippen LogP contribution < -0.4 is 0 Å². The highest BCUT2D eigenvalue weighted by molar-refractivity contribution is 6.70. The highest BCUT2D eigenvalue weighted by Gasteiger charge is 2.15. The van der Waals surface area contributed by atoms with E-state index in [0.717, 1.165) is 12.2 Å². The molecule has 0 unspecified atom stereocenters. The molecule has 0 aromatic rings. The van der Waals surface area contributed by atoms with Gasteiger partial charge < -0.3 is 4.43 Å². The van der Waals surface area contributed by atoms with Crippen LogP contribution in [0.4, 0.5) is 0 Å². The van der Waals surface area contributed by atoms with E-state index in [-0.39, 0.29) is 0 Å². The van der Waals surface area contributed by atoms with Crippen molar-refractivity contribution >= 4 is 19.9 Å². The lowest BCUT2D eigenvalue weighted by Gasteiger charge is -2.19. The van der Waals surface area contributed by atoms with Crippen LogP contribution in [0.3, 0.4) is 0 Å². The summed E-state index contributed by atoms with van der Waals surface area (Å²) in [5.74, 6) is 1.69. The molecule has 0 aliphatic heterocycles. The van der Waals surface area contributed by atoms with Crippen LogP contribution in [0.5, 0.6) is 0 Å². The second-order valence-electron chi connectivity index (χ2n) is 3.51. The minimum Gasteiger partial charge on any atom is -0.548 e. The van der Waals surface area contributed by atoms with Gasteiger partial charge in [-0.3, -0.25) is 0 Å². The van der Waals surface area contributed by atoms with Gasteiger partial charge in [-0.15, -0.1) is 11.6 Å². The molecule has 0 aliphatic rings. The smallest absolute Gasteiger partial charge is 0.241 e. The molecular weight excluding hydrogens is 176 g/mol. The van der Waals surface area contributed by atoms with E-state index in [0.29, 0.717) is 5.88 Å². The van der Waals surface area contributed by atoms with E-state index in [2.05, 4.69) is 19.6 Å². The van der Waals surface area contributed by atoms with Crippen LogP contribution >= 0.6 is 11.6 Å². The molecule has 0 aliphatic carbocycles. The summed E-state index contributed by atoms with van der Waals surface area (Å²) < 4.78 is 5.68. The monoisotopic (exact) mass is 192 g/mol. The molecule has 0 rings (SSSR count). The van der Waals surface area contributed by atoms with Gasteiger partial charge >= 0.3 is 0 Å². The fourth-order valence-corrected chi connectivity index (χ4v) is 1.94. The first kappa shape index (κ1) is 11.0. The van der Waals surface area contributed by atoms with Crippen LogP contribution in [0.15, 0.2) is 11.8 Å². The first-order chi connectivity index (χ1) is 4.95. The van der Waals surface area contributed by atoms with Crippen LogP contribution in [0.1, 0.15) is 13.3 Å². The lowest BCUT2D eigenvalue weighted by Crippen LogP contribution is -2.24. The van der Waals surface area contributed by atoms with Gasteiger partial charge in [0.2, 0.25) is 8.32 Å². The first-order valence-electron chi connectivity index (χ1n) is 3.87. The van der Waals surface area contributed by atoms with E-state index in [1.165, 1.54) is 0 Å². The molecular formula is C8H17ClOSi. The van der Waals surface area contributed by atoms with Gasteiger partial charge in [0.1, 0.15) is 0 Å². The van der Waals surface area contributed by atoms with Crippen LogP contribution in [0.2, 0.25) is 19.6 Å². The van der Waals surface area contributed by atoms with E-state index < -0.39 is 8.32 Å². The predicted molar refractivity (Wildman–Crippen MR) is 53.5 cm³/mol. The van der Waals surface area contributed by atoms with Gasteiger partial charge in [-0.25, -0.2) is 0 Å². The molecule has 0 aromatic carbocycles. The van der Waals surface area contributed by atoms with Crippen molar-refractivity contribution in [2.75, 3.05) is 5.88 Å². The second kappa shape index (κ2) is 4.83. The zero-order chi connectivity index (χ0) is 8.91. The lowest BCUT2D eigenvalue weighted by molar-refractivity contribution is 0.422. The Kier molecular flexibility index (Phi) is 4.85. The molecule has 0 saturated carbocycles. The molecule has 66 valence electrons. The third-order valence-corrected chi connectivity index (χ3v) is 2.16. The molecule has 0 amide bonds. The Morgan fingerprint density at radius 2 is 2.00 bits per heavy atom. The normalized spacial score (nSPS) is 13.4. The van der Waals surface area contributed by atoms with Crippen molar-refractivity contribution in [3.63, 3.8) is 0 Å². The third-order valence-electron chi connectivity index (χ3n) is 1.01. The fourth-order valence-electron chi connectivity index (χ4n) is 0.782. The van der Waals surface area contributed by atoms with Crippen molar-refractivity contribution in [3.8, 4) is 0 Å². The van der Waals surface area contributed by atoms with E-state index in [1.807, 2.05) is 13.0 Å². The number of alkyl halides is 1. The van der Waals surface area contributed by atoms with Crippen LogP contribution in [0.25, 0.3) is 0 Å². The van der Waals surface area contributed by atoms with Crippen LogP contribution in [-0.4, -0.2) is 14.2 Å². The van der Waals surface area contributed by atoms with Gasteiger partial charge in [0.25, 0.3) is 0 Å². The summed E-state index contributed by atoms with van der Waals surface area (Å²) in [4.78, 5) is 0. The number of rotatable bonds is 4. The highest BCUT2D eigenvalue weighted by Crippen LogP contribution is 2.10. The Hall–Kier alpha value is 0.0469. The van der Waals surface area contributed by atoms with Crippen molar-refractivity contribution in [3.05, 3.63) is 11.8 Å². The maximum absolute atomic E-state index is 5.68. The molecule has 0 spiro atoms. The molecule has 0 saturated heterocycles. The van der Waals surface area contributed by atoms with E-state index in [1.54, 1.807) is 0 Å². The van der Waals surface area contributed by atoms with E-state index in [4.69, 9.17) is 16.0 Å². The Morgan fingerprint density at radius 3 is 2.36 bits per heavy atom. The Balaban J connectivity index is 3.76. The maximum atomic E-state index is 5.68. The van der Waals surface area contributed by atoms with Crippen LogP contribution in [-0.2, 0) is 4.43 Å². The molecule has 0 fully saturated rings. The molecule has 3 heteroatoms. The number of hydrogen-bond acceptors (Lipinski definition) is 1. The van der Waals surface area contributed by atoms with Gasteiger partial charge in [0.05, 0.1) is 5.76 Å². The van der Waals surface area contributed by atoms with E-state index in [9.17, 15) is 0 Å². The maximum Gasteiger partial charge on any atom is 0.241 e. The van der Waals surface area contributed by atoms with Gasteiger partial charge in [0.15, 0.2) is 0 Å². The largest absolute Gasteiger partial charge is 0.548 e. The molecule has 0 heterocycles. The SMILES string of the molecule is CC(=CCCCl)O[Si](C)(C)C. The second-order valence-corrected chi connectivity index (χ2v) is 8.31. The first-order valence-corrected chi connectivity index (χ1v) is 7.82. The molecule has 0 aromatic heterocycles. The number of halogens is 1. The average Bonchev–Trinajstić information content (AvgIpc) is 1.79. The zero-order valence-electron chi connectivity index (χ0n) is 7.78. The summed E-state index contributed by atoms with van der Waals surface area (Å²) in [7, 11) is -1.38. The quantitative estimate of drug-likeness (QED) is 0.377. The lowest BCUT2D eigenvalue weighted by atomic mass is 10.4. The van der Waals surface area contributed by atoms with Crippen molar-refractivity contribution in [2.45, 2.75) is 33.0 Å². The van der Waals surface area contributed by atoms with Gasteiger partial charge in [-0.05, 0) is 39.1 Å². The van der Waals surface area contributed by atoms with Crippen LogP contribution in [0, 0.1) is 0 Å². The summed E-state index contributed by atoms with van der Waals surface area (Å²) in [6.45, 7) is 8.51. The molecule has 11 heavy (non-hydrogen) atoms. The summed E-state index contributed by atoms with van der Waals surface area (Å²) in [5.41, 5.74) is 0. The molecule has 0 atom stereocenters. The minimum absolute atomic E-state index is 0.673. The third kappa shape index (κ3) is 7.95. The summed E-state index contributed by atoms with van der Waals surface area (Å²) in [6, 6.07) is 0. The topological polar surface area (TPSA) is 9.23 Å². The Bertz CT molecular complexity index is 138. The van der Waals surface area contributed by atoms with Crippen molar-refractivity contribution in [1.29, 1.82) is 0 Å². The number of allylic oxidation sites excluding steroid dienone is 2. The summed E-state index contributed by atoms with van der Waals surface area (Å²) >= 11 is 5.53. The molecule has 0 bridgehead atoms. The highest BCUT2D eigenvalue weighted by atomic mass is 35.5. The Morgan fingerprint density at radius 1 is 1.45 bits per heavy atom. The van der Waals surface area contributed by atoms with Crippen molar-refractivity contribution in [1.82, 2.24) is 0 Å². The zero-order valence-corrected chi connectivity index (χ0v) is 9.53. The average molecular weight is 193 g/mol. The van der Waals surface area contributed by atoms with E-state index >= 15 is 0 Å². The standard InChI is InChI=1S/C8H17ClOSi/c1-8(6-5-7-9)10-11(2,3)4/h6H,5,7H2,1-4H3. The minimum atomic E-state index is -1.38.